The van der Waals surface area contributed by atoms with Crippen molar-refractivity contribution < 1.29 is 36.8 Å². The molecule has 0 fully saturated rings. The van der Waals surface area contributed by atoms with Gasteiger partial charge in [-0.2, -0.15) is 13.2 Å². The highest BCUT2D eigenvalue weighted by molar-refractivity contribution is 7.46. The molecule has 0 bridgehead atoms. The number of hydrogen-bond donors (Lipinski definition) is 3. The number of allylic oxidation sites excluding steroid dienone is 2. The molecule has 0 spiro atoms. The molecule has 1 aliphatic rings. The molecule has 31 heavy (non-hydrogen) atoms. The van der Waals surface area contributed by atoms with Gasteiger partial charge in [0, 0.05) is 17.1 Å². The van der Waals surface area contributed by atoms with E-state index in [4.69, 9.17) is 9.79 Å². The van der Waals surface area contributed by atoms with E-state index in [-0.39, 0.29) is 25.0 Å². The predicted octanol–water partition coefficient (Wildman–Crippen LogP) is 4.21. The Hall–Kier alpha value is -2.26. The minimum Gasteiger partial charge on any atom is -0.347 e. The van der Waals surface area contributed by atoms with Gasteiger partial charge in [0.05, 0.1) is 29.6 Å². The maximum atomic E-state index is 12.9. The molecule has 1 aliphatic carbocycles. The van der Waals surface area contributed by atoms with E-state index >= 15 is 0 Å². The Balaban J connectivity index is 1.77. The maximum Gasteiger partial charge on any atom is 0.469 e. The largest absolute Gasteiger partial charge is 0.469 e. The molecule has 11 heteroatoms. The van der Waals surface area contributed by atoms with Crippen LogP contribution in [0.3, 0.4) is 0 Å². The lowest BCUT2D eigenvalue weighted by atomic mass is 9.85. The van der Waals surface area contributed by atoms with Gasteiger partial charge < -0.3 is 15.1 Å². The van der Waals surface area contributed by atoms with Gasteiger partial charge in [0.2, 0.25) is 0 Å². The molecule has 0 saturated heterocycles. The number of para-hydroxylation sites is 1. The molecule has 3 N–H and O–H groups in total. The van der Waals surface area contributed by atoms with Crippen molar-refractivity contribution in [2.24, 2.45) is 5.92 Å². The maximum absolute atomic E-state index is 12.9. The van der Waals surface area contributed by atoms with Crippen molar-refractivity contribution in [1.29, 1.82) is 0 Å². The summed E-state index contributed by atoms with van der Waals surface area (Å²) in [6.45, 7) is 1.16. The minimum absolute atomic E-state index is 0.0286. The van der Waals surface area contributed by atoms with Crippen molar-refractivity contribution in [2.45, 2.75) is 38.4 Å². The van der Waals surface area contributed by atoms with Crippen LogP contribution in [0.5, 0.6) is 0 Å². The monoisotopic (exact) mass is 458 g/mol. The standard InChI is InChI=1S/C20H22F3N2O5P/c1-12(11-30-31(27,28)29)25-19(26)15-9-14-3-2-4-17(18(14)24-10-15)13-5-7-16(8-6-13)20(21,22)23/h2-5,9-10,12,16H,6-8,11H2,1H3,(H,25,26)(H2,27,28,29)/t12-,16-/m1/s1. The molecule has 2 aromatic rings. The number of pyridine rings is 1. The first kappa shape index (κ1) is 23.4. The summed E-state index contributed by atoms with van der Waals surface area (Å²) in [5, 5.41) is 3.22. The summed E-state index contributed by atoms with van der Waals surface area (Å²) in [5.74, 6) is -1.82. The van der Waals surface area contributed by atoms with Crippen LogP contribution < -0.4 is 5.32 Å². The molecule has 1 aromatic heterocycles. The Bertz CT molecular complexity index is 1050. The summed E-state index contributed by atoms with van der Waals surface area (Å²) in [5.41, 5.74) is 2.38. The second kappa shape index (κ2) is 9.08. The first-order valence-electron chi connectivity index (χ1n) is 9.60. The number of aromatic nitrogens is 1. The van der Waals surface area contributed by atoms with Crippen LogP contribution in [0.25, 0.3) is 16.5 Å². The molecule has 2 atom stereocenters. The van der Waals surface area contributed by atoms with Gasteiger partial charge in [-0.25, -0.2) is 4.57 Å². The van der Waals surface area contributed by atoms with Crippen LogP contribution in [-0.4, -0.2) is 39.5 Å². The van der Waals surface area contributed by atoms with Gasteiger partial charge in [0.1, 0.15) is 0 Å². The third-order valence-electron chi connectivity index (χ3n) is 5.06. The normalized spacial score (nSPS) is 18.5. The number of hydrogen-bond acceptors (Lipinski definition) is 4. The average Bonchev–Trinajstić information content (AvgIpc) is 2.70. The fourth-order valence-electron chi connectivity index (χ4n) is 3.48. The van der Waals surface area contributed by atoms with Crippen LogP contribution >= 0.6 is 7.82 Å². The van der Waals surface area contributed by atoms with Gasteiger partial charge in [-0.3, -0.25) is 14.3 Å². The fourth-order valence-corrected chi connectivity index (χ4v) is 3.90. The van der Waals surface area contributed by atoms with Crippen molar-refractivity contribution >= 4 is 30.2 Å². The topological polar surface area (TPSA) is 109 Å². The molecule has 0 unspecified atom stereocenters. The number of carbonyl (C=O) groups is 1. The van der Waals surface area contributed by atoms with Gasteiger partial charge in [0.25, 0.3) is 5.91 Å². The van der Waals surface area contributed by atoms with Crippen molar-refractivity contribution in [3.63, 3.8) is 0 Å². The molecule has 1 amide bonds. The summed E-state index contributed by atoms with van der Waals surface area (Å²) in [6.07, 6.45) is -0.967. The Morgan fingerprint density at radius 1 is 1.39 bits per heavy atom. The van der Waals surface area contributed by atoms with E-state index in [0.29, 0.717) is 17.3 Å². The van der Waals surface area contributed by atoms with E-state index in [2.05, 4.69) is 14.8 Å². The second-order valence-corrected chi connectivity index (χ2v) is 8.74. The smallest absolute Gasteiger partial charge is 0.347 e. The quantitative estimate of drug-likeness (QED) is 0.560. The van der Waals surface area contributed by atoms with Gasteiger partial charge in [-0.15, -0.1) is 0 Å². The Kier molecular flexibility index (Phi) is 6.85. The van der Waals surface area contributed by atoms with Gasteiger partial charge in [-0.05, 0) is 37.8 Å². The van der Waals surface area contributed by atoms with Gasteiger partial charge in [-0.1, -0.05) is 24.3 Å². The summed E-state index contributed by atoms with van der Waals surface area (Å²) in [7, 11) is -4.63. The zero-order valence-corrected chi connectivity index (χ0v) is 17.5. The number of halogens is 3. The number of fused-ring (bicyclic) bond motifs is 1. The molecule has 3 rings (SSSR count). The fraction of sp³-hybridized carbons (Fsp3) is 0.400. The molecule has 0 radical (unpaired) electrons. The zero-order valence-electron chi connectivity index (χ0n) is 16.6. The van der Waals surface area contributed by atoms with E-state index in [0.717, 1.165) is 11.1 Å². The van der Waals surface area contributed by atoms with Crippen LogP contribution in [0, 0.1) is 5.92 Å². The van der Waals surface area contributed by atoms with Crippen molar-refractivity contribution in [3.8, 4) is 0 Å². The van der Waals surface area contributed by atoms with Crippen LogP contribution in [0.2, 0.25) is 0 Å². The minimum atomic E-state index is -4.63. The van der Waals surface area contributed by atoms with Crippen LogP contribution in [0.15, 0.2) is 36.5 Å². The summed E-state index contributed by atoms with van der Waals surface area (Å²) < 4.78 is 53.9. The van der Waals surface area contributed by atoms with Gasteiger partial charge >= 0.3 is 14.0 Å². The summed E-state index contributed by atoms with van der Waals surface area (Å²) >= 11 is 0. The van der Waals surface area contributed by atoms with E-state index in [9.17, 15) is 22.5 Å². The van der Waals surface area contributed by atoms with Gasteiger partial charge in [0.15, 0.2) is 0 Å². The Morgan fingerprint density at radius 3 is 2.74 bits per heavy atom. The lowest BCUT2D eigenvalue weighted by Gasteiger charge is -2.24. The number of phosphoric ester groups is 1. The number of benzene rings is 1. The number of carbonyl (C=O) groups excluding carboxylic acids is 1. The highest BCUT2D eigenvalue weighted by Gasteiger charge is 2.39. The van der Waals surface area contributed by atoms with Crippen molar-refractivity contribution in [1.82, 2.24) is 10.3 Å². The summed E-state index contributed by atoms with van der Waals surface area (Å²) in [6, 6.07) is 6.27. The lowest BCUT2D eigenvalue weighted by molar-refractivity contribution is -0.175. The Labute approximate surface area is 176 Å². The third-order valence-corrected chi connectivity index (χ3v) is 5.55. The summed E-state index contributed by atoms with van der Waals surface area (Å²) in [4.78, 5) is 34.2. The number of rotatable bonds is 6. The second-order valence-electron chi connectivity index (χ2n) is 7.50. The van der Waals surface area contributed by atoms with Crippen LogP contribution in [-0.2, 0) is 9.09 Å². The first-order chi connectivity index (χ1) is 14.4. The third kappa shape index (κ3) is 6.13. The number of phosphoric acid groups is 1. The number of amides is 1. The molecule has 0 aliphatic heterocycles. The van der Waals surface area contributed by atoms with Crippen LogP contribution in [0.4, 0.5) is 13.2 Å². The molecular formula is C20H22F3N2O5P. The van der Waals surface area contributed by atoms with E-state index in [1.807, 2.05) is 0 Å². The van der Waals surface area contributed by atoms with E-state index in [1.54, 1.807) is 30.3 Å². The predicted molar refractivity (Wildman–Crippen MR) is 108 cm³/mol. The first-order valence-corrected chi connectivity index (χ1v) is 11.1. The number of alkyl halides is 3. The number of nitrogens with one attached hydrogen (secondary N) is 1. The van der Waals surface area contributed by atoms with Crippen LogP contribution in [0.1, 0.15) is 42.1 Å². The SMILES string of the molecule is C[C@H](COP(=O)(O)O)NC(=O)c1cnc2c(C3=CC[C@@H](C(F)(F)F)CC3)cccc2c1. The van der Waals surface area contributed by atoms with E-state index in [1.165, 1.54) is 13.1 Å². The number of nitrogens with zero attached hydrogens (tertiary/aromatic N) is 1. The average molecular weight is 458 g/mol. The highest BCUT2D eigenvalue weighted by Crippen LogP contribution is 2.40. The zero-order chi connectivity index (χ0) is 22.8. The van der Waals surface area contributed by atoms with Crippen molar-refractivity contribution in [3.05, 3.63) is 47.7 Å². The van der Waals surface area contributed by atoms with Crippen molar-refractivity contribution in [2.75, 3.05) is 6.61 Å². The Morgan fingerprint density at radius 2 is 2.13 bits per heavy atom. The molecule has 1 aromatic carbocycles. The highest BCUT2D eigenvalue weighted by atomic mass is 31.2. The van der Waals surface area contributed by atoms with E-state index < -0.39 is 31.9 Å². The molecule has 1 heterocycles. The molecule has 7 nitrogen and oxygen atoms in total. The molecular weight excluding hydrogens is 436 g/mol. The lowest BCUT2D eigenvalue weighted by Crippen LogP contribution is -2.35. The molecule has 168 valence electrons. The molecule has 0 saturated carbocycles.